The fourth-order valence-corrected chi connectivity index (χ4v) is 6.63. The molecule has 3 saturated heterocycles. The van der Waals surface area contributed by atoms with Gasteiger partial charge in [-0.1, -0.05) is 0 Å². The van der Waals surface area contributed by atoms with Crippen molar-refractivity contribution in [1.29, 1.82) is 0 Å². The molecule has 26 heavy (non-hydrogen) atoms. The predicted molar refractivity (Wildman–Crippen MR) is 104 cm³/mol. The van der Waals surface area contributed by atoms with Gasteiger partial charge in [0, 0.05) is 26.2 Å². The number of thioether (sulfide) groups is 1. The molecule has 4 fully saturated rings. The maximum atomic E-state index is 12.0. The molecule has 0 bridgehead atoms. The topological polar surface area (TPSA) is 42.0 Å². The van der Waals surface area contributed by atoms with E-state index in [-0.39, 0.29) is 18.2 Å². The van der Waals surface area contributed by atoms with E-state index in [1.807, 2.05) is 6.92 Å². The highest BCUT2D eigenvalue weighted by Crippen LogP contribution is 2.38. The Hall–Kier alpha value is -0.300. The summed E-state index contributed by atoms with van der Waals surface area (Å²) < 4.78 is 11.9. The maximum Gasteiger partial charge on any atom is 0.308 e. The first kappa shape index (κ1) is 19.0. The normalized spacial score (nSPS) is 37.0. The van der Waals surface area contributed by atoms with Gasteiger partial charge in [-0.05, 0) is 68.8 Å². The summed E-state index contributed by atoms with van der Waals surface area (Å²) in [5, 5.41) is 0. The summed E-state index contributed by atoms with van der Waals surface area (Å²) in [7, 11) is 0. The number of hydrogen-bond acceptors (Lipinski definition) is 6. The molecule has 6 heteroatoms. The van der Waals surface area contributed by atoms with Gasteiger partial charge in [-0.2, -0.15) is 11.8 Å². The lowest BCUT2D eigenvalue weighted by molar-refractivity contribution is -0.180. The van der Waals surface area contributed by atoms with Crippen molar-refractivity contribution in [1.82, 2.24) is 9.80 Å². The van der Waals surface area contributed by atoms with Gasteiger partial charge in [0.05, 0.1) is 18.6 Å². The number of nitrogens with zero attached hydrogens (tertiary/aromatic N) is 2. The molecule has 1 saturated carbocycles. The van der Waals surface area contributed by atoms with Crippen LogP contribution in [-0.4, -0.2) is 72.5 Å². The maximum absolute atomic E-state index is 12.0. The minimum atomic E-state index is -0.00749. The van der Waals surface area contributed by atoms with Gasteiger partial charge < -0.3 is 9.47 Å². The molecule has 0 spiro atoms. The molecule has 0 radical (unpaired) electrons. The molecule has 4 aliphatic rings. The van der Waals surface area contributed by atoms with Gasteiger partial charge in [-0.3, -0.25) is 14.6 Å². The van der Waals surface area contributed by atoms with Crippen molar-refractivity contribution in [2.24, 2.45) is 17.8 Å². The van der Waals surface area contributed by atoms with Crippen molar-refractivity contribution in [3.63, 3.8) is 0 Å². The monoisotopic (exact) mass is 382 g/mol. The molecular weight excluding hydrogens is 348 g/mol. The molecule has 1 unspecified atom stereocenters. The molecule has 0 aromatic heterocycles. The van der Waals surface area contributed by atoms with Crippen molar-refractivity contribution in [2.45, 2.75) is 57.9 Å². The first-order valence-electron chi connectivity index (χ1n) is 10.6. The summed E-state index contributed by atoms with van der Waals surface area (Å²) in [6.07, 6.45) is 6.86. The van der Waals surface area contributed by atoms with Crippen LogP contribution in [0, 0.1) is 17.8 Å². The molecule has 3 atom stereocenters. The second kappa shape index (κ2) is 8.80. The second-order valence-electron chi connectivity index (χ2n) is 8.44. The highest BCUT2D eigenvalue weighted by molar-refractivity contribution is 7.99. The van der Waals surface area contributed by atoms with E-state index >= 15 is 0 Å². The van der Waals surface area contributed by atoms with Crippen LogP contribution in [0.15, 0.2) is 0 Å². The van der Waals surface area contributed by atoms with Crippen molar-refractivity contribution >= 4 is 17.7 Å². The van der Waals surface area contributed by atoms with Crippen LogP contribution in [0.25, 0.3) is 0 Å². The zero-order valence-electron chi connectivity index (χ0n) is 16.1. The summed E-state index contributed by atoms with van der Waals surface area (Å²) >= 11 is 2.13. The average molecular weight is 383 g/mol. The summed E-state index contributed by atoms with van der Waals surface area (Å²) in [5.74, 6) is 4.48. The Morgan fingerprint density at radius 1 is 1.04 bits per heavy atom. The molecule has 0 amide bonds. The third kappa shape index (κ3) is 4.23. The highest BCUT2D eigenvalue weighted by atomic mass is 32.2. The minimum absolute atomic E-state index is 0.00749. The van der Waals surface area contributed by atoms with E-state index in [4.69, 9.17) is 9.47 Å². The number of hydrogen-bond donors (Lipinski definition) is 0. The standard InChI is InChI=1S/C20H34N2O3S/c1-2-24-19(23)15-5-7-18(8-6-15)25-20(21-9-3-4-10-21)22-11-16-13-26-14-17(16)12-22/h15-18,20H,2-14H2,1H3/t15?,16-,17+,18?,20?. The molecule has 3 aliphatic heterocycles. The van der Waals surface area contributed by atoms with Gasteiger partial charge >= 0.3 is 5.97 Å². The number of carbonyl (C=O) groups excluding carboxylic acids is 1. The number of rotatable bonds is 6. The molecular formula is C20H34N2O3S. The number of likely N-dealkylation sites (tertiary alicyclic amines) is 2. The van der Waals surface area contributed by atoms with Gasteiger partial charge in [0.15, 0.2) is 6.35 Å². The zero-order valence-corrected chi connectivity index (χ0v) is 16.9. The number of carbonyl (C=O) groups is 1. The molecule has 148 valence electrons. The van der Waals surface area contributed by atoms with Crippen LogP contribution in [0.1, 0.15) is 45.4 Å². The van der Waals surface area contributed by atoms with Crippen LogP contribution in [0.3, 0.4) is 0 Å². The van der Waals surface area contributed by atoms with E-state index in [0.29, 0.717) is 12.7 Å². The van der Waals surface area contributed by atoms with Crippen molar-refractivity contribution in [3.8, 4) is 0 Å². The lowest BCUT2D eigenvalue weighted by atomic mass is 9.87. The number of esters is 1. The Kier molecular flexibility index (Phi) is 6.44. The van der Waals surface area contributed by atoms with Crippen molar-refractivity contribution < 1.29 is 14.3 Å². The van der Waals surface area contributed by atoms with Gasteiger partial charge in [0.1, 0.15) is 0 Å². The van der Waals surface area contributed by atoms with Crippen LogP contribution in [0.5, 0.6) is 0 Å². The van der Waals surface area contributed by atoms with E-state index in [0.717, 1.165) is 37.5 Å². The Bertz CT molecular complexity index is 466. The van der Waals surface area contributed by atoms with Crippen LogP contribution in [0.2, 0.25) is 0 Å². The summed E-state index contributed by atoms with van der Waals surface area (Å²) in [5.41, 5.74) is 0. The molecule has 0 N–H and O–H groups in total. The Labute approximate surface area is 162 Å². The highest BCUT2D eigenvalue weighted by Gasteiger charge is 2.42. The third-order valence-corrected chi connectivity index (χ3v) is 7.97. The van der Waals surface area contributed by atoms with Gasteiger partial charge in [-0.15, -0.1) is 0 Å². The molecule has 1 aliphatic carbocycles. The third-order valence-electron chi connectivity index (χ3n) is 6.64. The van der Waals surface area contributed by atoms with Crippen LogP contribution in [0.4, 0.5) is 0 Å². The number of ether oxygens (including phenoxy) is 2. The second-order valence-corrected chi connectivity index (χ2v) is 9.52. The van der Waals surface area contributed by atoms with E-state index < -0.39 is 0 Å². The Morgan fingerprint density at radius 3 is 2.31 bits per heavy atom. The van der Waals surface area contributed by atoms with Crippen molar-refractivity contribution in [3.05, 3.63) is 0 Å². The van der Waals surface area contributed by atoms with Gasteiger partial charge in [0.25, 0.3) is 0 Å². The van der Waals surface area contributed by atoms with E-state index in [1.165, 1.54) is 50.5 Å². The molecule has 4 rings (SSSR count). The van der Waals surface area contributed by atoms with Crippen LogP contribution in [-0.2, 0) is 14.3 Å². The zero-order chi connectivity index (χ0) is 17.9. The minimum Gasteiger partial charge on any atom is -0.466 e. The van der Waals surface area contributed by atoms with E-state index in [1.54, 1.807) is 0 Å². The summed E-state index contributed by atoms with van der Waals surface area (Å²) in [4.78, 5) is 17.2. The van der Waals surface area contributed by atoms with Crippen molar-refractivity contribution in [2.75, 3.05) is 44.3 Å². The largest absolute Gasteiger partial charge is 0.466 e. The van der Waals surface area contributed by atoms with Crippen LogP contribution < -0.4 is 0 Å². The fraction of sp³-hybridized carbons (Fsp3) is 0.950. The molecule has 0 aromatic rings. The Balaban J connectivity index is 1.33. The van der Waals surface area contributed by atoms with Gasteiger partial charge in [-0.25, -0.2) is 0 Å². The SMILES string of the molecule is CCOC(=O)C1CCC(OC(N2CCCC2)N2C[C@H]3CSC[C@H]3C2)CC1. The van der Waals surface area contributed by atoms with E-state index in [9.17, 15) is 4.79 Å². The molecule has 3 heterocycles. The first-order chi connectivity index (χ1) is 12.7. The average Bonchev–Trinajstić information content (AvgIpc) is 3.37. The lowest BCUT2D eigenvalue weighted by Crippen LogP contribution is -2.50. The lowest BCUT2D eigenvalue weighted by Gasteiger charge is -2.39. The van der Waals surface area contributed by atoms with Gasteiger partial charge in [0.2, 0.25) is 0 Å². The Morgan fingerprint density at radius 2 is 1.69 bits per heavy atom. The molecule has 5 nitrogen and oxygen atoms in total. The fourth-order valence-electron chi connectivity index (χ4n) is 5.14. The predicted octanol–water partition coefficient (Wildman–Crippen LogP) is 2.80. The smallest absolute Gasteiger partial charge is 0.308 e. The summed E-state index contributed by atoms with van der Waals surface area (Å²) in [6, 6.07) is 0. The number of fused-ring (bicyclic) bond motifs is 1. The quantitative estimate of drug-likeness (QED) is 0.658. The van der Waals surface area contributed by atoms with E-state index in [2.05, 4.69) is 21.6 Å². The van der Waals surface area contributed by atoms with Crippen LogP contribution >= 0.6 is 11.8 Å². The molecule has 0 aromatic carbocycles. The first-order valence-corrected chi connectivity index (χ1v) is 11.8. The summed E-state index contributed by atoms with van der Waals surface area (Å²) in [6.45, 7) is 7.12.